The summed E-state index contributed by atoms with van der Waals surface area (Å²) in [6, 6.07) is 18.2. The number of benzene rings is 2. The molecule has 1 heterocycles. The van der Waals surface area contributed by atoms with Crippen LogP contribution in [0.4, 0.5) is 5.95 Å². The van der Waals surface area contributed by atoms with Crippen LogP contribution in [0.3, 0.4) is 0 Å². The number of amides is 2. The zero-order valence-electron chi connectivity index (χ0n) is 18.6. The van der Waals surface area contributed by atoms with Crippen molar-refractivity contribution in [2.75, 3.05) is 18.4 Å². The Hall–Kier alpha value is -4.27. The highest BCUT2D eigenvalue weighted by Gasteiger charge is 2.18. The fourth-order valence-electron chi connectivity index (χ4n) is 3.32. The molecule has 176 valence electrons. The van der Waals surface area contributed by atoms with Gasteiger partial charge in [-0.05, 0) is 29.2 Å². The van der Waals surface area contributed by atoms with Crippen LogP contribution in [-0.4, -0.2) is 45.9 Å². The fourth-order valence-corrected chi connectivity index (χ4v) is 3.32. The van der Waals surface area contributed by atoms with E-state index < -0.39 is 17.9 Å². The van der Waals surface area contributed by atoms with Gasteiger partial charge in [0, 0.05) is 25.4 Å². The molecule has 0 radical (unpaired) electrons. The molecular formula is C25H27N5O4. The summed E-state index contributed by atoms with van der Waals surface area (Å²) < 4.78 is 0. The highest BCUT2D eigenvalue weighted by molar-refractivity contribution is 5.85. The lowest BCUT2D eigenvalue weighted by Gasteiger charge is -2.18. The quantitative estimate of drug-likeness (QED) is 0.305. The lowest BCUT2D eigenvalue weighted by atomic mass is 9.99. The van der Waals surface area contributed by atoms with Gasteiger partial charge in [-0.25, -0.2) is 9.97 Å². The third-order valence-electron chi connectivity index (χ3n) is 5.01. The minimum absolute atomic E-state index is 0.229. The average molecular weight is 462 g/mol. The molecule has 9 nitrogen and oxygen atoms in total. The van der Waals surface area contributed by atoms with Crippen molar-refractivity contribution < 1.29 is 19.5 Å². The van der Waals surface area contributed by atoms with Gasteiger partial charge in [0.25, 0.3) is 0 Å². The maximum atomic E-state index is 12.4. The van der Waals surface area contributed by atoms with Crippen molar-refractivity contribution in [2.45, 2.75) is 25.3 Å². The van der Waals surface area contributed by atoms with Crippen LogP contribution in [-0.2, 0) is 14.4 Å². The lowest BCUT2D eigenvalue weighted by molar-refractivity contribution is -0.138. The van der Waals surface area contributed by atoms with E-state index in [0.29, 0.717) is 24.5 Å². The summed E-state index contributed by atoms with van der Waals surface area (Å²) in [5.41, 5.74) is 2.71. The van der Waals surface area contributed by atoms with Gasteiger partial charge in [-0.1, -0.05) is 54.6 Å². The molecule has 2 amide bonds. The number of carbonyl (C=O) groups excluding carboxylic acids is 2. The minimum Gasteiger partial charge on any atom is -0.481 e. The van der Waals surface area contributed by atoms with Gasteiger partial charge in [-0.15, -0.1) is 0 Å². The molecule has 2 aromatic carbocycles. The molecule has 1 aromatic heterocycles. The number of aromatic nitrogens is 2. The molecule has 0 aliphatic rings. The Morgan fingerprint density at radius 1 is 0.853 bits per heavy atom. The number of carboxylic acid groups (broad SMARTS) is 1. The Kier molecular flexibility index (Phi) is 9.09. The molecule has 4 N–H and O–H groups in total. The van der Waals surface area contributed by atoms with E-state index in [-0.39, 0.29) is 25.3 Å². The number of nitrogens with one attached hydrogen (secondary N) is 3. The van der Waals surface area contributed by atoms with Gasteiger partial charge >= 0.3 is 5.97 Å². The van der Waals surface area contributed by atoms with Crippen LogP contribution >= 0.6 is 0 Å². The Bertz CT molecular complexity index is 1080. The summed E-state index contributed by atoms with van der Waals surface area (Å²) in [6.07, 6.45) is 3.75. The standard InChI is InChI=1S/C25H27N5O4/c31-22(8-4-13-26-25-27-14-5-15-28-25)29-17-23(32)30-21(16-24(33)34)20-11-9-19(10-12-20)18-6-2-1-3-7-18/h1-3,5-7,9-12,14-15,21H,4,8,13,16-17H2,(H,29,31)(H,30,32)(H,33,34)(H,26,27,28). The van der Waals surface area contributed by atoms with Gasteiger partial charge in [0.1, 0.15) is 0 Å². The summed E-state index contributed by atoms with van der Waals surface area (Å²) in [4.78, 5) is 43.8. The SMILES string of the molecule is O=C(O)CC(NC(=O)CNC(=O)CCCNc1ncccn1)c1ccc(-c2ccccc2)cc1. The number of aliphatic carboxylic acids is 1. The number of anilines is 1. The first-order valence-electron chi connectivity index (χ1n) is 11.0. The summed E-state index contributed by atoms with van der Waals surface area (Å²) in [5, 5.41) is 17.5. The second kappa shape index (κ2) is 12.7. The second-order valence-corrected chi connectivity index (χ2v) is 7.59. The van der Waals surface area contributed by atoms with E-state index in [1.165, 1.54) is 0 Å². The second-order valence-electron chi connectivity index (χ2n) is 7.59. The normalized spacial score (nSPS) is 11.3. The summed E-state index contributed by atoms with van der Waals surface area (Å²) in [7, 11) is 0. The van der Waals surface area contributed by atoms with Crippen molar-refractivity contribution in [1.29, 1.82) is 0 Å². The molecule has 1 unspecified atom stereocenters. The van der Waals surface area contributed by atoms with Crippen LogP contribution in [0.15, 0.2) is 73.1 Å². The zero-order valence-corrected chi connectivity index (χ0v) is 18.6. The molecule has 0 saturated heterocycles. The summed E-state index contributed by atoms with van der Waals surface area (Å²) in [5.74, 6) is -1.27. The first-order chi connectivity index (χ1) is 16.5. The number of hydrogen-bond donors (Lipinski definition) is 4. The Balaban J connectivity index is 1.46. The smallest absolute Gasteiger partial charge is 0.305 e. The number of nitrogens with zero attached hydrogens (tertiary/aromatic N) is 2. The van der Waals surface area contributed by atoms with Crippen molar-refractivity contribution in [2.24, 2.45) is 0 Å². The van der Waals surface area contributed by atoms with Crippen LogP contribution in [0.25, 0.3) is 11.1 Å². The van der Waals surface area contributed by atoms with E-state index in [1.54, 1.807) is 30.6 Å². The van der Waals surface area contributed by atoms with Crippen molar-refractivity contribution in [3.05, 3.63) is 78.6 Å². The topological polar surface area (TPSA) is 133 Å². The van der Waals surface area contributed by atoms with Crippen LogP contribution in [0.5, 0.6) is 0 Å². The first kappa shape index (κ1) is 24.4. The molecule has 1 atom stereocenters. The van der Waals surface area contributed by atoms with E-state index in [0.717, 1.165) is 11.1 Å². The number of rotatable bonds is 12. The van der Waals surface area contributed by atoms with E-state index in [9.17, 15) is 19.5 Å². The highest BCUT2D eigenvalue weighted by atomic mass is 16.4. The van der Waals surface area contributed by atoms with Crippen LogP contribution in [0.2, 0.25) is 0 Å². The largest absolute Gasteiger partial charge is 0.481 e. The average Bonchev–Trinajstić information content (AvgIpc) is 2.86. The van der Waals surface area contributed by atoms with Gasteiger partial charge < -0.3 is 21.1 Å². The predicted octanol–water partition coefficient (Wildman–Crippen LogP) is 2.78. The molecule has 0 fully saturated rings. The van der Waals surface area contributed by atoms with Gasteiger partial charge in [0.15, 0.2) is 0 Å². The molecule has 0 aliphatic carbocycles. The molecule has 3 aromatic rings. The maximum absolute atomic E-state index is 12.4. The maximum Gasteiger partial charge on any atom is 0.305 e. The van der Waals surface area contributed by atoms with Gasteiger partial charge in [0.05, 0.1) is 19.0 Å². The monoisotopic (exact) mass is 461 g/mol. The first-order valence-corrected chi connectivity index (χ1v) is 11.0. The van der Waals surface area contributed by atoms with Crippen molar-refractivity contribution in [3.63, 3.8) is 0 Å². The minimum atomic E-state index is -1.03. The molecule has 9 heteroatoms. The van der Waals surface area contributed by atoms with Crippen molar-refractivity contribution in [3.8, 4) is 11.1 Å². The van der Waals surface area contributed by atoms with E-state index >= 15 is 0 Å². The molecule has 0 saturated carbocycles. The number of carboxylic acids is 1. The third kappa shape index (κ3) is 8.01. The molecule has 34 heavy (non-hydrogen) atoms. The molecule has 0 aliphatic heterocycles. The Labute approximate surface area is 197 Å². The Morgan fingerprint density at radius 2 is 1.53 bits per heavy atom. The summed E-state index contributed by atoms with van der Waals surface area (Å²) >= 11 is 0. The van der Waals surface area contributed by atoms with Crippen molar-refractivity contribution >= 4 is 23.7 Å². The third-order valence-corrected chi connectivity index (χ3v) is 5.01. The summed E-state index contributed by atoms with van der Waals surface area (Å²) in [6.45, 7) is 0.287. The van der Waals surface area contributed by atoms with Gasteiger partial charge in [-0.2, -0.15) is 0 Å². The van der Waals surface area contributed by atoms with Crippen LogP contribution in [0, 0.1) is 0 Å². The van der Waals surface area contributed by atoms with Crippen LogP contribution in [0.1, 0.15) is 30.9 Å². The van der Waals surface area contributed by atoms with E-state index in [4.69, 9.17) is 0 Å². The molecule has 3 rings (SSSR count). The highest BCUT2D eigenvalue weighted by Crippen LogP contribution is 2.23. The van der Waals surface area contributed by atoms with E-state index in [1.807, 2.05) is 42.5 Å². The van der Waals surface area contributed by atoms with Gasteiger partial charge in [0.2, 0.25) is 17.8 Å². The molecular weight excluding hydrogens is 434 g/mol. The molecule has 0 spiro atoms. The lowest BCUT2D eigenvalue weighted by Crippen LogP contribution is -2.39. The predicted molar refractivity (Wildman–Crippen MR) is 128 cm³/mol. The van der Waals surface area contributed by atoms with Crippen LogP contribution < -0.4 is 16.0 Å². The Morgan fingerprint density at radius 3 is 2.21 bits per heavy atom. The molecule has 0 bridgehead atoms. The number of carbonyl (C=O) groups is 3. The fraction of sp³-hybridized carbons (Fsp3) is 0.240. The number of hydrogen-bond acceptors (Lipinski definition) is 6. The van der Waals surface area contributed by atoms with Gasteiger partial charge in [-0.3, -0.25) is 14.4 Å². The van der Waals surface area contributed by atoms with E-state index in [2.05, 4.69) is 25.9 Å². The van der Waals surface area contributed by atoms with Crippen molar-refractivity contribution in [1.82, 2.24) is 20.6 Å². The zero-order chi connectivity index (χ0) is 24.2.